The molecule has 2 aromatic rings. The fourth-order valence-electron chi connectivity index (χ4n) is 2.23. The summed E-state index contributed by atoms with van der Waals surface area (Å²) in [5, 5.41) is 10.5. The lowest BCUT2D eigenvalue weighted by atomic mass is 10.4. The topological polar surface area (TPSA) is 75.3 Å². The third kappa shape index (κ3) is 5.37. The second-order valence-corrected chi connectivity index (χ2v) is 7.15. The monoisotopic (exact) mass is 459 g/mol. The molecule has 1 fully saturated rings. The highest BCUT2D eigenvalue weighted by Crippen LogP contribution is 2.51. The molecule has 0 aliphatic heterocycles. The smallest absolute Gasteiger partial charge is 0.223 e. The van der Waals surface area contributed by atoms with Crippen molar-refractivity contribution >= 4 is 41.7 Å². The highest BCUT2D eigenvalue weighted by atomic mass is 127. The van der Waals surface area contributed by atoms with Gasteiger partial charge in [0.2, 0.25) is 5.89 Å². The lowest BCUT2D eigenvalue weighted by Gasteiger charge is -2.18. The van der Waals surface area contributed by atoms with E-state index in [4.69, 9.17) is 4.52 Å². The average molecular weight is 459 g/mol. The summed E-state index contributed by atoms with van der Waals surface area (Å²) in [4.78, 5) is 9.73. The van der Waals surface area contributed by atoms with Crippen LogP contribution in [0.4, 0.5) is 0 Å². The van der Waals surface area contributed by atoms with E-state index in [-0.39, 0.29) is 28.7 Å². The van der Waals surface area contributed by atoms with Crippen molar-refractivity contribution < 1.29 is 4.52 Å². The van der Waals surface area contributed by atoms with Gasteiger partial charge in [-0.15, -0.1) is 35.7 Å². The van der Waals surface area contributed by atoms with Gasteiger partial charge >= 0.3 is 0 Å². The number of rotatable bonds is 6. The Labute approximate surface area is 163 Å². The molecule has 8 heteroatoms. The van der Waals surface area contributed by atoms with Crippen LogP contribution in [0.25, 0.3) is 0 Å². The first-order valence-electron chi connectivity index (χ1n) is 7.67. The fraction of sp³-hybridized carbons (Fsp3) is 0.438. The molecular formula is C16H22IN5OS. The van der Waals surface area contributed by atoms with Crippen molar-refractivity contribution in [1.82, 2.24) is 20.8 Å². The minimum Gasteiger partial charge on any atom is -0.355 e. The Morgan fingerprint density at radius 3 is 2.62 bits per heavy atom. The number of halogens is 1. The maximum absolute atomic E-state index is 4.96. The molecule has 6 nitrogen and oxygen atoms in total. The van der Waals surface area contributed by atoms with Gasteiger partial charge in [0.15, 0.2) is 11.8 Å². The van der Waals surface area contributed by atoms with Gasteiger partial charge in [-0.25, -0.2) is 0 Å². The van der Waals surface area contributed by atoms with E-state index in [1.807, 2.05) is 17.8 Å². The molecule has 24 heavy (non-hydrogen) atoms. The first kappa shape index (κ1) is 19.0. The zero-order chi connectivity index (χ0) is 16.1. The van der Waals surface area contributed by atoms with Gasteiger partial charge in [-0.2, -0.15) is 4.98 Å². The molecule has 0 atom stereocenters. The fourth-order valence-corrected chi connectivity index (χ4v) is 3.48. The highest BCUT2D eigenvalue weighted by molar-refractivity contribution is 14.0. The number of aromatic nitrogens is 2. The van der Waals surface area contributed by atoms with Gasteiger partial charge < -0.3 is 15.2 Å². The maximum Gasteiger partial charge on any atom is 0.223 e. The molecule has 0 bridgehead atoms. The molecule has 0 saturated heterocycles. The summed E-state index contributed by atoms with van der Waals surface area (Å²) in [6, 6.07) is 10.5. The first-order chi connectivity index (χ1) is 11.2. The second-order valence-electron chi connectivity index (χ2n) is 5.61. The SMILES string of the molecule is CN=C(NCc1noc(C)n1)NCC1(Sc2ccccc2)CC1.I. The van der Waals surface area contributed by atoms with Crippen molar-refractivity contribution in [3.63, 3.8) is 0 Å². The predicted octanol–water partition coefficient (Wildman–Crippen LogP) is 2.99. The van der Waals surface area contributed by atoms with E-state index in [1.165, 1.54) is 17.7 Å². The van der Waals surface area contributed by atoms with Gasteiger partial charge in [-0.05, 0) is 25.0 Å². The van der Waals surface area contributed by atoms with Crippen molar-refractivity contribution in [3.05, 3.63) is 42.0 Å². The molecule has 1 aliphatic rings. The van der Waals surface area contributed by atoms with E-state index in [9.17, 15) is 0 Å². The molecule has 3 rings (SSSR count). The molecule has 1 heterocycles. The number of guanidine groups is 1. The molecule has 1 aliphatic carbocycles. The Kier molecular flexibility index (Phi) is 6.90. The third-order valence-corrected chi connectivity index (χ3v) is 5.16. The molecule has 0 spiro atoms. The summed E-state index contributed by atoms with van der Waals surface area (Å²) in [5.41, 5.74) is 0. The minimum absolute atomic E-state index is 0. The molecule has 0 unspecified atom stereocenters. The van der Waals surface area contributed by atoms with E-state index in [0.29, 0.717) is 18.3 Å². The second kappa shape index (κ2) is 8.70. The largest absolute Gasteiger partial charge is 0.355 e. The van der Waals surface area contributed by atoms with Crippen LogP contribution < -0.4 is 10.6 Å². The molecule has 1 aromatic heterocycles. The van der Waals surface area contributed by atoms with Crippen LogP contribution >= 0.6 is 35.7 Å². The normalized spacial score (nSPS) is 15.5. The van der Waals surface area contributed by atoms with Crippen LogP contribution in [0.1, 0.15) is 24.6 Å². The summed E-state index contributed by atoms with van der Waals surface area (Å²) in [6.45, 7) is 3.16. The van der Waals surface area contributed by atoms with E-state index >= 15 is 0 Å². The van der Waals surface area contributed by atoms with Crippen molar-refractivity contribution in [2.75, 3.05) is 13.6 Å². The van der Waals surface area contributed by atoms with Crippen LogP contribution in [0.3, 0.4) is 0 Å². The van der Waals surface area contributed by atoms with Crippen LogP contribution in [-0.4, -0.2) is 34.4 Å². The van der Waals surface area contributed by atoms with Gasteiger partial charge in [0.25, 0.3) is 0 Å². The van der Waals surface area contributed by atoms with Crippen LogP contribution in [0.15, 0.2) is 44.7 Å². The van der Waals surface area contributed by atoms with Gasteiger partial charge in [0, 0.05) is 30.2 Å². The summed E-state index contributed by atoms with van der Waals surface area (Å²) in [7, 11) is 1.76. The highest BCUT2D eigenvalue weighted by Gasteiger charge is 2.43. The maximum atomic E-state index is 4.96. The van der Waals surface area contributed by atoms with E-state index in [0.717, 1.165) is 12.5 Å². The van der Waals surface area contributed by atoms with Crippen molar-refractivity contribution in [2.24, 2.45) is 4.99 Å². The average Bonchev–Trinajstić information content (AvgIpc) is 3.20. The molecule has 1 aromatic carbocycles. The Balaban J connectivity index is 0.00000208. The lowest BCUT2D eigenvalue weighted by Crippen LogP contribution is -2.40. The Bertz CT molecular complexity index is 672. The standard InChI is InChI=1S/C16H21N5OS.HI/c1-12-20-14(21-22-12)10-18-15(17-2)19-11-16(8-9-16)23-13-6-4-3-5-7-13;/h3-7H,8-11H2,1-2H3,(H2,17,18,19);1H. The number of aryl methyl sites for hydroxylation is 1. The third-order valence-electron chi connectivity index (χ3n) is 3.67. The van der Waals surface area contributed by atoms with E-state index in [2.05, 4.69) is 50.0 Å². The minimum atomic E-state index is 0. The quantitative estimate of drug-likeness (QED) is 0.393. The Morgan fingerprint density at radius 2 is 2.04 bits per heavy atom. The van der Waals surface area contributed by atoms with Crippen LogP contribution in [0, 0.1) is 6.92 Å². The van der Waals surface area contributed by atoms with Crippen LogP contribution in [-0.2, 0) is 6.54 Å². The van der Waals surface area contributed by atoms with Crippen molar-refractivity contribution in [1.29, 1.82) is 0 Å². The van der Waals surface area contributed by atoms with Crippen molar-refractivity contribution in [2.45, 2.75) is 36.0 Å². The van der Waals surface area contributed by atoms with Crippen LogP contribution in [0.5, 0.6) is 0 Å². The summed E-state index contributed by atoms with van der Waals surface area (Å²) < 4.78 is 5.24. The number of aliphatic imine (C=N–C) groups is 1. The molecule has 0 radical (unpaired) electrons. The predicted molar refractivity (Wildman–Crippen MR) is 107 cm³/mol. The summed E-state index contributed by atoms with van der Waals surface area (Å²) >= 11 is 1.94. The van der Waals surface area contributed by atoms with Gasteiger partial charge in [-0.1, -0.05) is 23.4 Å². The number of thioether (sulfide) groups is 1. The van der Waals surface area contributed by atoms with E-state index in [1.54, 1.807) is 14.0 Å². The van der Waals surface area contributed by atoms with Gasteiger partial charge in [-0.3, -0.25) is 4.99 Å². The first-order valence-corrected chi connectivity index (χ1v) is 8.49. The number of hydrogen-bond donors (Lipinski definition) is 2. The zero-order valence-electron chi connectivity index (χ0n) is 13.8. The molecule has 0 amide bonds. The van der Waals surface area contributed by atoms with Crippen molar-refractivity contribution in [3.8, 4) is 0 Å². The Morgan fingerprint density at radius 1 is 1.29 bits per heavy atom. The molecular weight excluding hydrogens is 437 g/mol. The number of benzene rings is 1. The molecule has 2 N–H and O–H groups in total. The summed E-state index contributed by atoms with van der Waals surface area (Å²) in [5.74, 6) is 1.96. The van der Waals surface area contributed by atoms with Gasteiger partial charge in [0.1, 0.15) is 0 Å². The molecule has 1 saturated carbocycles. The van der Waals surface area contributed by atoms with Crippen LogP contribution in [0.2, 0.25) is 0 Å². The number of nitrogens with zero attached hydrogens (tertiary/aromatic N) is 3. The zero-order valence-corrected chi connectivity index (χ0v) is 16.9. The Hall–Kier alpha value is -1.29. The van der Waals surface area contributed by atoms with Gasteiger partial charge in [0.05, 0.1) is 6.54 Å². The lowest BCUT2D eigenvalue weighted by molar-refractivity contribution is 0.387. The number of hydrogen-bond acceptors (Lipinski definition) is 5. The number of nitrogens with one attached hydrogen (secondary N) is 2. The van der Waals surface area contributed by atoms with E-state index < -0.39 is 0 Å². The molecule has 130 valence electrons. The summed E-state index contributed by atoms with van der Waals surface area (Å²) in [6.07, 6.45) is 2.45.